The van der Waals surface area contributed by atoms with Gasteiger partial charge in [0.15, 0.2) is 5.78 Å². The van der Waals surface area contributed by atoms with E-state index >= 15 is 4.39 Å². The van der Waals surface area contributed by atoms with Crippen LogP contribution in [-0.4, -0.2) is 76.4 Å². The molecule has 12 heteroatoms. The smallest absolute Gasteiger partial charge is 0.265 e. The maximum atomic E-state index is 15.4. The van der Waals surface area contributed by atoms with E-state index in [1.54, 1.807) is 12.1 Å². The number of aryl methyl sites for hydroxylation is 1. The highest BCUT2D eigenvalue weighted by atomic mass is 19.1. The number of hydrogen-bond donors (Lipinski definition) is 2. The number of piperidine rings is 1. The summed E-state index contributed by atoms with van der Waals surface area (Å²) in [4.78, 5) is 73.2. The van der Waals surface area contributed by atoms with Crippen LogP contribution in [0, 0.1) is 17.1 Å². The molecule has 51 heavy (non-hydrogen) atoms. The van der Waals surface area contributed by atoms with E-state index in [0.29, 0.717) is 55.0 Å². The third kappa shape index (κ3) is 4.98. The van der Waals surface area contributed by atoms with Gasteiger partial charge in [0.05, 0.1) is 28.3 Å². The number of imide groups is 2. The zero-order valence-corrected chi connectivity index (χ0v) is 28.5. The van der Waals surface area contributed by atoms with Gasteiger partial charge in [-0.2, -0.15) is 5.26 Å². The first-order valence-corrected chi connectivity index (χ1v) is 17.2. The third-order valence-electron chi connectivity index (χ3n) is 11.0. The van der Waals surface area contributed by atoms with E-state index in [1.165, 1.54) is 12.1 Å². The fourth-order valence-electron chi connectivity index (χ4n) is 8.26. The van der Waals surface area contributed by atoms with Crippen molar-refractivity contribution in [2.24, 2.45) is 0 Å². The average molecular weight is 687 g/mol. The van der Waals surface area contributed by atoms with Gasteiger partial charge in [0.2, 0.25) is 11.8 Å². The standard InChI is InChI=1S/C39H35FN6O5/c1-4-22-16-24-26(39(2,3)35-33(34(24)48)23-6-5-20(18-41)15-28(23)42-35)17-30(22)45-11-9-44(10-12-45)19-21-13-25-32(27(40)14-21)38(51)46(37(25)50)29-7-8-31(47)43-36(29)49/h5-6,13-17,29,42H,4,7-12,19H2,1-3H3,(H,43,47,49). The Morgan fingerprint density at radius 1 is 0.941 bits per heavy atom. The number of carbonyl (C=O) groups is 5. The van der Waals surface area contributed by atoms with Gasteiger partial charge in [0.25, 0.3) is 11.8 Å². The summed E-state index contributed by atoms with van der Waals surface area (Å²) >= 11 is 0. The Kier molecular flexibility index (Phi) is 7.46. The van der Waals surface area contributed by atoms with E-state index in [4.69, 9.17) is 0 Å². The molecule has 1 aromatic heterocycles. The van der Waals surface area contributed by atoms with Crippen molar-refractivity contribution in [2.45, 2.75) is 58.0 Å². The third-order valence-corrected chi connectivity index (χ3v) is 11.0. The van der Waals surface area contributed by atoms with E-state index in [0.717, 1.165) is 44.7 Å². The summed E-state index contributed by atoms with van der Waals surface area (Å²) in [7, 11) is 0. The van der Waals surface area contributed by atoms with Crippen molar-refractivity contribution in [1.82, 2.24) is 20.1 Å². The van der Waals surface area contributed by atoms with Gasteiger partial charge >= 0.3 is 0 Å². The highest BCUT2D eigenvalue weighted by molar-refractivity contribution is 6.24. The molecule has 8 rings (SSSR count). The molecule has 1 aliphatic carbocycles. The Morgan fingerprint density at radius 2 is 1.71 bits per heavy atom. The molecular weight excluding hydrogens is 651 g/mol. The molecule has 0 radical (unpaired) electrons. The number of aromatic amines is 1. The van der Waals surface area contributed by atoms with E-state index in [9.17, 15) is 29.2 Å². The lowest BCUT2D eigenvalue weighted by Gasteiger charge is -2.39. The van der Waals surface area contributed by atoms with E-state index in [2.05, 4.69) is 53.0 Å². The highest BCUT2D eigenvalue weighted by Gasteiger charge is 2.46. The molecule has 2 fully saturated rings. The van der Waals surface area contributed by atoms with E-state index in [-0.39, 0.29) is 29.8 Å². The summed E-state index contributed by atoms with van der Waals surface area (Å²) in [6.45, 7) is 9.35. The molecular formula is C39H35FN6O5. The second kappa shape index (κ2) is 11.7. The summed E-state index contributed by atoms with van der Waals surface area (Å²) in [5, 5.41) is 12.4. The van der Waals surface area contributed by atoms with Crippen molar-refractivity contribution in [3.8, 4) is 6.07 Å². The molecule has 4 aliphatic rings. The minimum Gasteiger partial charge on any atom is -0.369 e. The number of aromatic nitrogens is 1. The minimum atomic E-state index is -1.16. The quantitative estimate of drug-likeness (QED) is 0.295. The Labute approximate surface area is 293 Å². The van der Waals surface area contributed by atoms with Crippen molar-refractivity contribution in [3.05, 3.63) is 98.5 Å². The Balaban J connectivity index is 1.01. The molecule has 4 aromatic rings. The van der Waals surface area contributed by atoms with Gasteiger partial charge in [-0.15, -0.1) is 0 Å². The van der Waals surface area contributed by atoms with Gasteiger partial charge in [-0.3, -0.25) is 39.1 Å². The van der Waals surface area contributed by atoms with Crippen LogP contribution in [0.4, 0.5) is 10.1 Å². The lowest BCUT2D eigenvalue weighted by molar-refractivity contribution is -0.136. The molecule has 0 spiro atoms. The zero-order chi connectivity index (χ0) is 35.9. The van der Waals surface area contributed by atoms with Crippen molar-refractivity contribution in [3.63, 3.8) is 0 Å². The SMILES string of the molecule is CCc1cc2c(cc1N1CCN(Cc3cc(F)c4c(c3)C(=O)N(C3CCC(=O)NC3=O)C4=O)CC1)C(C)(C)c1[nH]c3cc(C#N)ccc3c1C2=O. The lowest BCUT2D eigenvalue weighted by Crippen LogP contribution is -2.54. The first-order valence-electron chi connectivity index (χ1n) is 17.2. The molecule has 4 heterocycles. The molecule has 258 valence electrons. The fraction of sp³-hybridized carbons (Fsp3) is 0.333. The Hall–Kier alpha value is -5.67. The second-order valence-electron chi connectivity index (χ2n) is 14.3. The van der Waals surface area contributed by atoms with Gasteiger partial charge in [-0.25, -0.2) is 4.39 Å². The number of benzene rings is 3. The van der Waals surface area contributed by atoms with Crippen LogP contribution in [0.5, 0.6) is 0 Å². The van der Waals surface area contributed by atoms with Gasteiger partial charge in [0, 0.05) is 72.4 Å². The lowest BCUT2D eigenvalue weighted by atomic mass is 9.70. The largest absolute Gasteiger partial charge is 0.369 e. The second-order valence-corrected chi connectivity index (χ2v) is 14.3. The van der Waals surface area contributed by atoms with Crippen molar-refractivity contribution >= 4 is 46.0 Å². The van der Waals surface area contributed by atoms with Crippen LogP contribution in [0.1, 0.15) is 98.2 Å². The molecule has 0 bridgehead atoms. The molecule has 1 unspecified atom stereocenters. The molecule has 2 saturated heterocycles. The van der Waals surface area contributed by atoms with Crippen molar-refractivity contribution < 1.29 is 28.4 Å². The molecule has 3 aromatic carbocycles. The number of fused-ring (bicyclic) bond motifs is 5. The van der Waals surface area contributed by atoms with Crippen molar-refractivity contribution in [2.75, 3.05) is 31.1 Å². The summed E-state index contributed by atoms with van der Waals surface area (Å²) in [6.07, 6.45) is 0.723. The maximum absolute atomic E-state index is 15.4. The number of amides is 4. The predicted octanol–water partition coefficient (Wildman–Crippen LogP) is 4.33. The monoisotopic (exact) mass is 686 g/mol. The normalized spacial score (nSPS) is 20.0. The van der Waals surface area contributed by atoms with Gasteiger partial charge in [-0.05, 0) is 65.9 Å². The number of ketones is 1. The molecule has 4 amide bonds. The number of rotatable bonds is 5. The summed E-state index contributed by atoms with van der Waals surface area (Å²) in [5.74, 6) is -3.64. The fourth-order valence-corrected chi connectivity index (χ4v) is 8.26. The molecule has 3 aliphatic heterocycles. The first kappa shape index (κ1) is 32.5. The topological polar surface area (TPSA) is 147 Å². The number of nitrogens with one attached hydrogen (secondary N) is 2. The average Bonchev–Trinajstić information content (AvgIpc) is 3.62. The Morgan fingerprint density at radius 3 is 2.41 bits per heavy atom. The van der Waals surface area contributed by atoms with Crippen LogP contribution in [0.15, 0.2) is 42.5 Å². The van der Waals surface area contributed by atoms with Gasteiger partial charge in [0.1, 0.15) is 11.9 Å². The molecule has 1 atom stereocenters. The highest BCUT2D eigenvalue weighted by Crippen LogP contribution is 2.46. The zero-order valence-electron chi connectivity index (χ0n) is 28.5. The van der Waals surface area contributed by atoms with Crippen LogP contribution in [0.3, 0.4) is 0 Å². The molecule has 2 N–H and O–H groups in total. The van der Waals surface area contributed by atoms with Crippen LogP contribution in [0.2, 0.25) is 0 Å². The number of H-pyrrole nitrogens is 1. The van der Waals surface area contributed by atoms with Gasteiger partial charge in [-0.1, -0.05) is 26.8 Å². The van der Waals surface area contributed by atoms with Crippen LogP contribution in [-0.2, 0) is 28.0 Å². The number of nitrogens with zero attached hydrogens (tertiary/aromatic N) is 4. The Bertz CT molecular complexity index is 2290. The number of halogens is 1. The number of hydrogen-bond acceptors (Lipinski definition) is 8. The molecule has 0 saturated carbocycles. The number of nitriles is 1. The summed E-state index contributed by atoms with van der Waals surface area (Å²) in [6, 6.07) is 13.4. The van der Waals surface area contributed by atoms with Crippen LogP contribution < -0.4 is 10.2 Å². The van der Waals surface area contributed by atoms with Crippen molar-refractivity contribution in [1.29, 1.82) is 5.26 Å². The number of anilines is 1. The predicted molar refractivity (Wildman–Crippen MR) is 185 cm³/mol. The molecule has 11 nitrogen and oxygen atoms in total. The summed E-state index contributed by atoms with van der Waals surface area (Å²) < 4.78 is 15.4. The number of piperazine rings is 1. The van der Waals surface area contributed by atoms with Crippen LogP contribution >= 0.6 is 0 Å². The van der Waals surface area contributed by atoms with E-state index in [1.807, 2.05) is 12.1 Å². The maximum Gasteiger partial charge on any atom is 0.265 e. The first-order chi connectivity index (χ1) is 24.4. The minimum absolute atomic E-state index is 0.000810. The van der Waals surface area contributed by atoms with E-state index < -0.39 is 40.9 Å². The summed E-state index contributed by atoms with van der Waals surface area (Å²) in [5.41, 5.74) is 6.22. The number of carbonyl (C=O) groups excluding carboxylic acids is 5. The van der Waals surface area contributed by atoms with Crippen LogP contribution in [0.25, 0.3) is 10.9 Å². The van der Waals surface area contributed by atoms with Gasteiger partial charge < -0.3 is 9.88 Å².